The summed E-state index contributed by atoms with van der Waals surface area (Å²) in [5.41, 5.74) is 8.59. The van der Waals surface area contributed by atoms with Crippen molar-refractivity contribution in [1.29, 1.82) is 0 Å². The first-order valence-electron chi connectivity index (χ1n) is 10.8. The first-order valence-corrected chi connectivity index (χ1v) is 12.6. The fourth-order valence-corrected chi connectivity index (χ4v) is 4.97. The zero-order chi connectivity index (χ0) is 23.9. The van der Waals surface area contributed by atoms with Crippen LogP contribution in [-0.4, -0.2) is 43.1 Å². The first-order chi connectivity index (χ1) is 15.6. The number of halogens is 1. The number of nitrogens with zero attached hydrogens (tertiary/aromatic N) is 1. The van der Waals surface area contributed by atoms with E-state index in [2.05, 4.69) is 0 Å². The summed E-state index contributed by atoms with van der Waals surface area (Å²) in [6, 6.07) is 9.23. The molecule has 1 fully saturated rings. The monoisotopic (exact) mass is 474 g/mol. The van der Waals surface area contributed by atoms with Crippen LogP contribution in [-0.2, 0) is 16.6 Å². The first kappa shape index (κ1) is 23.4. The quantitative estimate of drug-likeness (QED) is 0.492. The van der Waals surface area contributed by atoms with Gasteiger partial charge < -0.3 is 15.3 Å². The van der Waals surface area contributed by atoms with Crippen LogP contribution >= 0.6 is 0 Å². The molecule has 176 valence electrons. The molecule has 4 rings (SSSR count). The molecule has 9 heteroatoms. The van der Waals surface area contributed by atoms with Crippen LogP contribution in [0.4, 0.5) is 4.39 Å². The van der Waals surface area contributed by atoms with Gasteiger partial charge in [0.1, 0.15) is 17.2 Å². The number of hydrogen-bond donors (Lipinski definition) is 2. The maximum absolute atomic E-state index is 13.4. The number of sulfonamides is 1. The van der Waals surface area contributed by atoms with Crippen molar-refractivity contribution in [3.05, 3.63) is 58.9 Å². The average molecular weight is 475 g/mol. The summed E-state index contributed by atoms with van der Waals surface area (Å²) in [6.45, 7) is 1.97. The Morgan fingerprint density at radius 1 is 1.27 bits per heavy atom. The maximum atomic E-state index is 13.4. The van der Waals surface area contributed by atoms with E-state index < -0.39 is 21.7 Å². The van der Waals surface area contributed by atoms with Gasteiger partial charge in [0.05, 0.1) is 11.8 Å². The normalized spacial score (nSPS) is 15.3. The van der Waals surface area contributed by atoms with Gasteiger partial charge in [0, 0.05) is 30.6 Å². The number of benzene rings is 2. The smallest absolute Gasteiger partial charge is 0.253 e. The van der Waals surface area contributed by atoms with Gasteiger partial charge in [-0.1, -0.05) is 6.92 Å². The third-order valence-corrected chi connectivity index (χ3v) is 7.18. The standard InChI is InChI=1S/C24H27FN2O5S/c1-14(13-28)11-27(33(2,30)31)12-17-9-21-20(10-19(17)15-3-4-15)22(24(26)29)23(32-21)16-5-7-18(25)8-6-16/h5-10,14-15,28H,3-4,11-13H2,1-2H3,(H2,26,29)/t14-/m0/s1. The van der Waals surface area contributed by atoms with Crippen LogP contribution in [0.2, 0.25) is 0 Å². The van der Waals surface area contributed by atoms with Gasteiger partial charge in [0.15, 0.2) is 0 Å². The zero-order valence-electron chi connectivity index (χ0n) is 18.5. The number of rotatable bonds is 9. The molecule has 33 heavy (non-hydrogen) atoms. The Morgan fingerprint density at radius 3 is 2.48 bits per heavy atom. The second kappa shape index (κ2) is 8.89. The molecule has 1 amide bonds. The lowest BCUT2D eigenvalue weighted by molar-refractivity contribution is 0.100. The van der Waals surface area contributed by atoms with Gasteiger partial charge in [0.2, 0.25) is 10.0 Å². The summed E-state index contributed by atoms with van der Waals surface area (Å²) in [5.74, 6) is -0.761. The van der Waals surface area contributed by atoms with Crippen molar-refractivity contribution in [2.75, 3.05) is 19.4 Å². The molecule has 0 saturated heterocycles. The van der Waals surface area contributed by atoms with Gasteiger partial charge >= 0.3 is 0 Å². The Bertz CT molecular complexity index is 1300. The second-order valence-electron chi connectivity index (χ2n) is 8.84. The minimum atomic E-state index is -3.53. The molecule has 0 aliphatic heterocycles. The minimum absolute atomic E-state index is 0.123. The van der Waals surface area contributed by atoms with E-state index in [0.29, 0.717) is 16.5 Å². The lowest BCUT2D eigenvalue weighted by atomic mass is 9.97. The predicted octanol–water partition coefficient (Wildman–Crippen LogP) is 3.61. The number of aliphatic hydroxyl groups is 1. The molecule has 1 atom stereocenters. The van der Waals surface area contributed by atoms with E-state index >= 15 is 0 Å². The molecule has 1 saturated carbocycles. The number of primary amides is 1. The summed E-state index contributed by atoms with van der Waals surface area (Å²) in [5, 5.41) is 9.97. The number of nitrogens with two attached hydrogens (primary N) is 1. The third-order valence-electron chi connectivity index (χ3n) is 5.96. The van der Waals surface area contributed by atoms with E-state index in [1.54, 1.807) is 13.0 Å². The third kappa shape index (κ3) is 4.95. The van der Waals surface area contributed by atoms with Crippen LogP contribution in [0.25, 0.3) is 22.3 Å². The zero-order valence-corrected chi connectivity index (χ0v) is 19.4. The molecule has 1 heterocycles. The van der Waals surface area contributed by atoms with Gasteiger partial charge in [-0.3, -0.25) is 4.79 Å². The van der Waals surface area contributed by atoms with Crippen LogP contribution in [0.1, 0.15) is 47.2 Å². The molecular weight excluding hydrogens is 447 g/mol. The van der Waals surface area contributed by atoms with Crippen LogP contribution in [0.3, 0.4) is 0 Å². The van der Waals surface area contributed by atoms with Crippen molar-refractivity contribution in [2.24, 2.45) is 11.7 Å². The summed E-state index contributed by atoms with van der Waals surface area (Å²) in [6.07, 6.45) is 3.09. The molecule has 7 nitrogen and oxygen atoms in total. The van der Waals surface area contributed by atoms with Gasteiger partial charge in [-0.15, -0.1) is 0 Å². The Kier molecular flexibility index (Phi) is 6.30. The molecule has 3 aromatic rings. The van der Waals surface area contributed by atoms with Crippen molar-refractivity contribution in [2.45, 2.75) is 32.2 Å². The van der Waals surface area contributed by atoms with E-state index in [9.17, 15) is 22.7 Å². The van der Waals surface area contributed by atoms with E-state index in [1.165, 1.54) is 28.6 Å². The highest BCUT2D eigenvalue weighted by atomic mass is 32.2. The van der Waals surface area contributed by atoms with Gasteiger partial charge in [-0.2, -0.15) is 4.31 Å². The van der Waals surface area contributed by atoms with Gasteiger partial charge in [0.25, 0.3) is 5.91 Å². The van der Waals surface area contributed by atoms with Crippen molar-refractivity contribution >= 4 is 26.9 Å². The molecule has 0 bridgehead atoms. The van der Waals surface area contributed by atoms with Crippen LogP contribution in [0.15, 0.2) is 40.8 Å². The molecule has 2 aromatic carbocycles. The highest BCUT2D eigenvalue weighted by Crippen LogP contribution is 2.45. The number of hydrogen-bond acceptors (Lipinski definition) is 5. The van der Waals surface area contributed by atoms with Crippen LogP contribution in [0, 0.1) is 11.7 Å². The fourth-order valence-electron chi connectivity index (χ4n) is 4.07. The molecule has 0 spiro atoms. The predicted molar refractivity (Wildman–Crippen MR) is 124 cm³/mol. The van der Waals surface area contributed by atoms with E-state index in [-0.39, 0.29) is 42.9 Å². The average Bonchev–Trinajstić information content (AvgIpc) is 3.52. The van der Waals surface area contributed by atoms with Crippen molar-refractivity contribution in [1.82, 2.24) is 4.31 Å². The van der Waals surface area contributed by atoms with E-state index in [0.717, 1.165) is 30.2 Å². The Balaban J connectivity index is 1.85. The lowest BCUT2D eigenvalue weighted by Gasteiger charge is -2.24. The van der Waals surface area contributed by atoms with Crippen molar-refractivity contribution in [3.63, 3.8) is 0 Å². The second-order valence-corrected chi connectivity index (χ2v) is 10.8. The number of fused-ring (bicyclic) bond motifs is 1. The SMILES string of the molecule is C[C@H](CO)CN(Cc1cc2oc(-c3ccc(F)cc3)c(C(N)=O)c2cc1C1CC1)S(C)(=O)=O. The fraction of sp³-hybridized carbons (Fsp3) is 0.375. The van der Waals surface area contributed by atoms with Gasteiger partial charge in [-0.25, -0.2) is 12.8 Å². The highest BCUT2D eigenvalue weighted by molar-refractivity contribution is 7.88. The molecule has 1 aliphatic carbocycles. The number of furan rings is 1. The minimum Gasteiger partial charge on any atom is -0.455 e. The molecule has 1 aromatic heterocycles. The molecule has 0 unspecified atom stereocenters. The molecular formula is C24H27FN2O5S. The Hall–Kier alpha value is -2.75. The Labute approximate surface area is 192 Å². The van der Waals surface area contributed by atoms with Crippen LogP contribution < -0.4 is 5.73 Å². The van der Waals surface area contributed by atoms with E-state index in [1.807, 2.05) is 6.07 Å². The maximum Gasteiger partial charge on any atom is 0.253 e. The van der Waals surface area contributed by atoms with Crippen molar-refractivity contribution in [3.8, 4) is 11.3 Å². The molecule has 3 N–H and O–H groups in total. The van der Waals surface area contributed by atoms with Gasteiger partial charge in [-0.05, 0) is 72.2 Å². The topological polar surface area (TPSA) is 114 Å². The highest BCUT2D eigenvalue weighted by Gasteiger charge is 2.31. The molecule has 0 radical (unpaired) electrons. The number of amides is 1. The Morgan fingerprint density at radius 2 is 1.94 bits per heavy atom. The number of carbonyl (C=O) groups is 1. The summed E-state index contributed by atoms with van der Waals surface area (Å²) < 4.78 is 45.7. The van der Waals surface area contributed by atoms with Crippen LogP contribution in [0.5, 0.6) is 0 Å². The van der Waals surface area contributed by atoms with Crippen molar-refractivity contribution < 1.29 is 27.1 Å². The number of carbonyl (C=O) groups excluding carboxylic acids is 1. The summed E-state index contributed by atoms with van der Waals surface area (Å²) in [4.78, 5) is 12.4. The molecule has 1 aliphatic rings. The lowest BCUT2D eigenvalue weighted by Crippen LogP contribution is -2.34. The van der Waals surface area contributed by atoms with E-state index in [4.69, 9.17) is 10.2 Å². The largest absolute Gasteiger partial charge is 0.455 e. The summed E-state index contributed by atoms with van der Waals surface area (Å²) in [7, 11) is -3.53. The summed E-state index contributed by atoms with van der Waals surface area (Å²) >= 11 is 0. The number of aliphatic hydroxyl groups excluding tert-OH is 1.